The average Bonchev–Trinajstić information content (AvgIpc) is 2.66. The molecule has 2 aromatic rings. The summed E-state index contributed by atoms with van der Waals surface area (Å²) < 4.78 is 0. The topological polar surface area (TPSA) is 37.8 Å². The highest BCUT2D eigenvalue weighted by Crippen LogP contribution is 2.38. The third-order valence-corrected chi connectivity index (χ3v) is 6.10. The number of aryl methyl sites for hydroxylation is 3. The maximum absolute atomic E-state index is 4.71. The van der Waals surface area contributed by atoms with E-state index in [9.17, 15) is 0 Å². The van der Waals surface area contributed by atoms with Crippen LogP contribution in [-0.4, -0.2) is 28.3 Å². The standard InChI is InChI=1S/C14H19N3S2/c1-8-9(2)18-13-12(8)14(17-10(3)16-13)19-11-4-6-15-7-5-11/h11,15H,4-7H2,1-3H3. The van der Waals surface area contributed by atoms with Gasteiger partial charge in [-0.3, -0.25) is 0 Å². The zero-order valence-corrected chi connectivity index (χ0v) is 13.2. The van der Waals surface area contributed by atoms with Crippen molar-refractivity contribution in [2.45, 2.75) is 43.9 Å². The molecule has 0 bridgehead atoms. The largest absolute Gasteiger partial charge is 0.317 e. The van der Waals surface area contributed by atoms with Crippen LogP contribution in [0.5, 0.6) is 0 Å². The van der Waals surface area contributed by atoms with Gasteiger partial charge in [0.15, 0.2) is 0 Å². The van der Waals surface area contributed by atoms with Crippen LogP contribution in [0.1, 0.15) is 29.1 Å². The number of nitrogens with zero attached hydrogens (tertiary/aromatic N) is 2. The Balaban J connectivity index is 2.01. The van der Waals surface area contributed by atoms with E-state index in [0.717, 1.165) is 23.7 Å². The second kappa shape index (κ2) is 5.38. The van der Waals surface area contributed by atoms with Gasteiger partial charge in [-0.2, -0.15) is 0 Å². The van der Waals surface area contributed by atoms with Crippen molar-refractivity contribution in [2.24, 2.45) is 0 Å². The molecule has 1 aliphatic heterocycles. The van der Waals surface area contributed by atoms with Crippen LogP contribution in [0.2, 0.25) is 0 Å². The molecule has 3 rings (SSSR count). The first-order valence-electron chi connectivity index (χ1n) is 6.77. The Hall–Kier alpha value is -0.650. The Bertz CT molecular complexity index is 600. The number of nitrogens with one attached hydrogen (secondary N) is 1. The second-order valence-electron chi connectivity index (χ2n) is 5.11. The SMILES string of the molecule is Cc1nc(SC2CCNCC2)c2c(C)c(C)sc2n1. The molecule has 2 aromatic heterocycles. The third kappa shape index (κ3) is 2.64. The van der Waals surface area contributed by atoms with E-state index in [1.54, 1.807) is 11.3 Å². The van der Waals surface area contributed by atoms with E-state index >= 15 is 0 Å². The molecule has 102 valence electrons. The third-order valence-electron chi connectivity index (χ3n) is 3.67. The van der Waals surface area contributed by atoms with Crippen molar-refractivity contribution in [3.8, 4) is 0 Å². The molecule has 0 atom stereocenters. The summed E-state index contributed by atoms with van der Waals surface area (Å²) in [5.41, 5.74) is 1.36. The zero-order valence-electron chi connectivity index (χ0n) is 11.6. The molecule has 0 radical (unpaired) electrons. The van der Waals surface area contributed by atoms with Crippen LogP contribution in [0, 0.1) is 20.8 Å². The predicted molar refractivity (Wildman–Crippen MR) is 83.4 cm³/mol. The summed E-state index contributed by atoms with van der Waals surface area (Å²) in [5.74, 6) is 0.894. The number of thioether (sulfide) groups is 1. The van der Waals surface area contributed by atoms with Gasteiger partial charge in [0.05, 0.1) is 0 Å². The number of aromatic nitrogens is 2. The normalized spacial score (nSPS) is 17.2. The van der Waals surface area contributed by atoms with Gasteiger partial charge in [0.25, 0.3) is 0 Å². The molecule has 0 amide bonds. The number of fused-ring (bicyclic) bond motifs is 1. The van der Waals surface area contributed by atoms with Crippen molar-refractivity contribution in [2.75, 3.05) is 13.1 Å². The molecule has 0 saturated carbocycles. The summed E-state index contributed by atoms with van der Waals surface area (Å²) in [4.78, 5) is 11.8. The monoisotopic (exact) mass is 293 g/mol. The molecule has 0 unspecified atom stereocenters. The molecule has 5 heteroatoms. The van der Waals surface area contributed by atoms with Gasteiger partial charge in [0.1, 0.15) is 15.7 Å². The number of hydrogen-bond donors (Lipinski definition) is 1. The molecule has 0 aromatic carbocycles. The van der Waals surface area contributed by atoms with E-state index in [4.69, 9.17) is 4.98 Å². The molecular formula is C14H19N3S2. The van der Waals surface area contributed by atoms with Gasteiger partial charge in [0, 0.05) is 15.5 Å². The fourth-order valence-corrected chi connectivity index (χ4v) is 4.95. The Kier molecular flexibility index (Phi) is 3.78. The lowest BCUT2D eigenvalue weighted by atomic mass is 10.2. The summed E-state index contributed by atoms with van der Waals surface area (Å²) in [6.45, 7) is 8.63. The van der Waals surface area contributed by atoms with Crippen LogP contribution in [0.15, 0.2) is 5.03 Å². The lowest BCUT2D eigenvalue weighted by Gasteiger charge is -2.22. The first kappa shape index (κ1) is 13.3. The van der Waals surface area contributed by atoms with Gasteiger partial charge in [-0.15, -0.1) is 23.1 Å². The molecule has 0 aliphatic carbocycles. The summed E-state index contributed by atoms with van der Waals surface area (Å²) in [5, 5.41) is 6.59. The maximum atomic E-state index is 4.71. The number of rotatable bonds is 2. The Morgan fingerprint density at radius 2 is 1.89 bits per heavy atom. The summed E-state index contributed by atoms with van der Waals surface area (Å²) in [6, 6.07) is 0. The highest BCUT2D eigenvalue weighted by molar-refractivity contribution is 8.00. The molecule has 1 N–H and O–H groups in total. The summed E-state index contributed by atoms with van der Waals surface area (Å²) >= 11 is 3.74. The first-order valence-corrected chi connectivity index (χ1v) is 8.46. The van der Waals surface area contributed by atoms with Crippen molar-refractivity contribution in [3.05, 3.63) is 16.3 Å². The van der Waals surface area contributed by atoms with Crippen LogP contribution in [0.3, 0.4) is 0 Å². The summed E-state index contributed by atoms with van der Waals surface area (Å²) in [7, 11) is 0. The van der Waals surface area contributed by atoms with Crippen LogP contribution in [0.4, 0.5) is 0 Å². The smallest absolute Gasteiger partial charge is 0.128 e. The van der Waals surface area contributed by atoms with Gasteiger partial charge in [0.2, 0.25) is 0 Å². The molecule has 3 nitrogen and oxygen atoms in total. The van der Waals surface area contributed by atoms with E-state index in [1.807, 2.05) is 18.7 Å². The highest BCUT2D eigenvalue weighted by atomic mass is 32.2. The molecule has 3 heterocycles. The quantitative estimate of drug-likeness (QED) is 0.861. The second-order valence-corrected chi connectivity index (χ2v) is 7.60. The van der Waals surface area contributed by atoms with E-state index in [2.05, 4.69) is 24.1 Å². The van der Waals surface area contributed by atoms with Gasteiger partial charge in [-0.25, -0.2) is 9.97 Å². The number of thiophene rings is 1. The van der Waals surface area contributed by atoms with Crippen molar-refractivity contribution >= 4 is 33.3 Å². The lowest BCUT2D eigenvalue weighted by Crippen LogP contribution is -2.29. The van der Waals surface area contributed by atoms with Crippen LogP contribution >= 0.6 is 23.1 Å². The van der Waals surface area contributed by atoms with Gasteiger partial charge >= 0.3 is 0 Å². The minimum atomic E-state index is 0.693. The van der Waals surface area contributed by atoms with Crippen LogP contribution in [0.25, 0.3) is 10.2 Å². The van der Waals surface area contributed by atoms with Crippen molar-refractivity contribution in [1.82, 2.24) is 15.3 Å². The Labute approximate surface area is 122 Å². The van der Waals surface area contributed by atoms with Gasteiger partial charge < -0.3 is 5.32 Å². The van der Waals surface area contributed by atoms with Crippen LogP contribution < -0.4 is 5.32 Å². The molecule has 1 aliphatic rings. The van der Waals surface area contributed by atoms with E-state index in [1.165, 1.54) is 33.7 Å². The number of hydrogen-bond acceptors (Lipinski definition) is 5. The molecule has 1 saturated heterocycles. The average molecular weight is 293 g/mol. The minimum Gasteiger partial charge on any atom is -0.317 e. The molecule has 1 fully saturated rings. The van der Waals surface area contributed by atoms with Gasteiger partial charge in [-0.05, 0) is 52.3 Å². The van der Waals surface area contributed by atoms with E-state index in [-0.39, 0.29) is 0 Å². The first-order chi connectivity index (χ1) is 9.15. The number of piperidine rings is 1. The fraction of sp³-hybridized carbons (Fsp3) is 0.571. The van der Waals surface area contributed by atoms with Gasteiger partial charge in [-0.1, -0.05) is 0 Å². The summed E-state index contributed by atoms with van der Waals surface area (Å²) in [6.07, 6.45) is 2.47. The maximum Gasteiger partial charge on any atom is 0.128 e. The van der Waals surface area contributed by atoms with E-state index in [0.29, 0.717) is 5.25 Å². The van der Waals surface area contributed by atoms with Crippen molar-refractivity contribution in [1.29, 1.82) is 0 Å². The predicted octanol–water partition coefficient (Wildman–Crippen LogP) is 3.46. The van der Waals surface area contributed by atoms with Crippen molar-refractivity contribution < 1.29 is 0 Å². The molecule has 19 heavy (non-hydrogen) atoms. The lowest BCUT2D eigenvalue weighted by molar-refractivity contribution is 0.531. The Morgan fingerprint density at radius 3 is 2.63 bits per heavy atom. The Morgan fingerprint density at radius 1 is 1.16 bits per heavy atom. The highest BCUT2D eigenvalue weighted by Gasteiger charge is 2.19. The fourth-order valence-electron chi connectivity index (χ4n) is 2.47. The van der Waals surface area contributed by atoms with Crippen molar-refractivity contribution in [3.63, 3.8) is 0 Å². The van der Waals surface area contributed by atoms with Crippen LogP contribution in [-0.2, 0) is 0 Å². The van der Waals surface area contributed by atoms with E-state index < -0.39 is 0 Å². The zero-order chi connectivity index (χ0) is 13.4. The molecular weight excluding hydrogens is 274 g/mol. The minimum absolute atomic E-state index is 0.693. The molecule has 0 spiro atoms.